The van der Waals surface area contributed by atoms with Gasteiger partial charge in [-0.15, -0.1) is 0 Å². The molecule has 7 heteroatoms. The van der Waals surface area contributed by atoms with E-state index in [2.05, 4.69) is 6.07 Å². The molecule has 0 fully saturated rings. The number of hydrogen-bond acceptors (Lipinski definition) is 6. The summed E-state index contributed by atoms with van der Waals surface area (Å²) in [6.07, 6.45) is 0.190. The predicted octanol–water partition coefficient (Wildman–Crippen LogP) is 3.62. The van der Waals surface area contributed by atoms with Crippen molar-refractivity contribution in [2.24, 2.45) is 0 Å². The highest BCUT2D eigenvalue weighted by Gasteiger charge is 2.18. The minimum atomic E-state index is -0.304. The van der Waals surface area contributed by atoms with E-state index in [1.807, 2.05) is 6.92 Å². The van der Waals surface area contributed by atoms with E-state index >= 15 is 0 Å². The fraction of sp³-hybridized carbons (Fsp3) is 0.318. The molecule has 0 atom stereocenters. The Morgan fingerprint density at radius 1 is 1.07 bits per heavy atom. The van der Waals surface area contributed by atoms with E-state index in [4.69, 9.17) is 19.5 Å². The van der Waals surface area contributed by atoms with Crippen LogP contribution in [0.25, 0.3) is 0 Å². The lowest BCUT2D eigenvalue weighted by Crippen LogP contribution is -2.35. The topological polar surface area (TPSA) is 88.9 Å². The summed E-state index contributed by atoms with van der Waals surface area (Å²) in [6.45, 7) is 3.91. The summed E-state index contributed by atoms with van der Waals surface area (Å²) in [7, 11) is 1.47. The molecule has 1 amide bonds. The Morgan fingerprint density at radius 3 is 2.38 bits per heavy atom. The van der Waals surface area contributed by atoms with Gasteiger partial charge in [0.15, 0.2) is 23.9 Å². The van der Waals surface area contributed by atoms with Crippen molar-refractivity contribution in [1.29, 1.82) is 5.26 Å². The first-order valence-electron chi connectivity index (χ1n) is 9.22. The Bertz CT molecular complexity index is 887. The molecule has 7 nitrogen and oxygen atoms in total. The molecule has 2 aromatic carbocycles. The Balaban J connectivity index is 2.14. The maximum absolute atomic E-state index is 12.8. The van der Waals surface area contributed by atoms with Gasteiger partial charge in [0.05, 0.1) is 26.2 Å². The smallest absolute Gasteiger partial charge is 0.264 e. The largest absolute Gasteiger partial charge is 0.494 e. The number of hydrogen-bond donors (Lipinski definition) is 0. The van der Waals surface area contributed by atoms with Gasteiger partial charge < -0.3 is 19.1 Å². The van der Waals surface area contributed by atoms with Crippen LogP contribution in [0.1, 0.15) is 30.6 Å². The SMILES string of the molecule is CCOc1ccc(N(CCC#N)C(=O)COc2ccc(C(C)=O)cc2OC)cc1. The van der Waals surface area contributed by atoms with Gasteiger partial charge in [-0.25, -0.2) is 0 Å². The molecule has 0 aromatic heterocycles. The summed E-state index contributed by atoms with van der Waals surface area (Å²) in [5.41, 5.74) is 1.14. The van der Waals surface area contributed by atoms with Gasteiger partial charge in [-0.1, -0.05) is 0 Å². The van der Waals surface area contributed by atoms with Crippen LogP contribution in [0.4, 0.5) is 5.69 Å². The lowest BCUT2D eigenvalue weighted by molar-refractivity contribution is -0.120. The first kappa shape index (κ1) is 21.8. The van der Waals surface area contributed by atoms with Crippen molar-refractivity contribution in [1.82, 2.24) is 0 Å². The Labute approximate surface area is 170 Å². The van der Waals surface area contributed by atoms with Crippen LogP contribution in [0.5, 0.6) is 17.2 Å². The quantitative estimate of drug-likeness (QED) is 0.570. The first-order valence-corrected chi connectivity index (χ1v) is 9.22. The zero-order chi connectivity index (χ0) is 21.2. The molecule has 2 aromatic rings. The molecular weight excluding hydrogens is 372 g/mol. The third-order valence-electron chi connectivity index (χ3n) is 4.13. The van der Waals surface area contributed by atoms with Crippen molar-refractivity contribution in [2.45, 2.75) is 20.3 Å². The van der Waals surface area contributed by atoms with Crippen LogP contribution in [0.15, 0.2) is 42.5 Å². The fourth-order valence-electron chi connectivity index (χ4n) is 2.67. The van der Waals surface area contributed by atoms with Gasteiger partial charge >= 0.3 is 0 Å². The van der Waals surface area contributed by atoms with E-state index in [-0.39, 0.29) is 31.3 Å². The number of amides is 1. The highest BCUT2D eigenvalue weighted by atomic mass is 16.5. The molecule has 0 bridgehead atoms. The van der Waals surface area contributed by atoms with Gasteiger partial charge in [-0.3, -0.25) is 9.59 Å². The summed E-state index contributed by atoms with van der Waals surface area (Å²) < 4.78 is 16.3. The predicted molar refractivity (Wildman–Crippen MR) is 109 cm³/mol. The third kappa shape index (κ3) is 5.98. The van der Waals surface area contributed by atoms with Crippen LogP contribution < -0.4 is 19.1 Å². The average Bonchev–Trinajstić information content (AvgIpc) is 2.73. The maximum Gasteiger partial charge on any atom is 0.264 e. The molecular formula is C22H24N2O5. The molecule has 0 saturated heterocycles. The van der Waals surface area contributed by atoms with Gasteiger partial charge in [0, 0.05) is 17.8 Å². The van der Waals surface area contributed by atoms with Crippen LogP contribution in [0.2, 0.25) is 0 Å². The summed E-state index contributed by atoms with van der Waals surface area (Å²) in [4.78, 5) is 25.8. The maximum atomic E-state index is 12.8. The fourth-order valence-corrected chi connectivity index (χ4v) is 2.67. The number of rotatable bonds is 10. The number of benzene rings is 2. The van der Waals surface area contributed by atoms with Crippen molar-refractivity contribution in [2.75, 3.05) is 31.8 Å². The standard InChI is InChI=1S/C22H24N2O5/c1-4-28-19-9-7-18(8-10-19)24(13-5-12-23)22(26)15-29-20-11-6-17(16(2)25)14-21(20)27-3/h6-11,14H,4-5,13,15H2,1-3H3. The summed E-state index contributed by atoms with van der Waals surface area (Å²) in [5.74, 6) is 1.04. The van der Waals surface area contributed by atoms with Crippen LogP contribution in [-0.4, -0.2) is 38.6 Å². The highest BCUT2D eigenvalue weighted by molar-refractivity contribution is 5.95. The van der Waals surface area contributed by atoms with Crippen LogP contribution in [0, 0.1) is 11.3 Å². The summed E-state index contributed by atoms with van der Waals surface area (Å²) in [6, 6.07) is 13.9. The van der Waals surface area contributed by atoms with E-state index < -0.39 is 0 Å². The molecule has 0 saturated carbocycles. The Kier molecular flexibility index (Phi) is 8.04. The number of ether oxygens (including phenoxy) is 3. The van der Waals surface area contributed by atoms with Gasteiger partial charge in [0.1, 0.15) is 5.75 Å². The van der Waals surface area contributed by atoms with Crippen molar-refractivity contribution in [3.63, 3.8) is 0 Å². The van der Waals surface area contributed by atoms with Crippen molar-refractivity contribution < 1.29 is 23.8 Å². The molecule has 0 radical (unpaired) electrons. The van der Waals surface area contributed by atoms with Gasteiger partial charge in [0.2, 0.25) is 0 Å². The van der Waals surface area contributed by atoms with Crippen molar-refractivity contribution >= 4 is 17.4 Å². The van der Waals surface area contributed by atoms with E-state index in [9.17, 15) is 9.59 Å². The average molecular weight is 396 g/mol. The summed E-state index contributed by atoms with van der Waals surface area (Å²) in [5, 5.41) is 8.92. The van der Waals surface area contributed by atoms with Crippen LogP contribution in [-0.2, 0) is 4.79 Å². The Hall–Kier alpha value is -3.53. The number of anilines is 1. The van der Waals surface area contributed by atoms with E-state index in [0.29, 0.717) is 35.1 Å². The lowest BCUT2D eigenvalue weighted by atomic mass is 10.1. The number of nitriles is 1. The summed E-state index contributed by atoms with van der Waals surface area (Å²) >= 11 is 0. The van der Waals surface area contributed by atoms with Crippen molar-refractivity contribution in [3.8, 4) is 23.3 Å². The number of Topliss-reactive ketones (excluding diaryl/α,β-unsaturated/α-hetero) is 1. The molecule has 29 heavy (non-hydrogen) atoms. The minimum Gasteiger partial charge on any atom is -0.494 e. The second-order valence-corrected chi connectivity index (χ2v) is 6.09. The van der Waals surface area contributed by atoms with Gasteiger partial charge in [-0.05, 0) is 56.3 Å². The highest BCUT2D eigenvalue weighted by Crippen LogP contribution is 2.28. The number of carbonyl (C=O) groups excluding carboxylic acids is 2. The third-order valence-corrected chi connectivity index (χ3v) is 4.13. The molecule has 152 valence electrons. The van der Waals surface area contributed by atoms with Crippen molar-refractivity contribution in [3.05, 3.63) is 48.0 Å². The zero-order valence-corrected chi connectivity index (χ0v) is 16.8. The number of nitrogens with zero attached hydrogens (tertiary/aromatic N) is 2. The van der Waals surface area contributed by atoms with Gasteiger partial charge in [0.25, 0.3) is 5.91 Å². The molecule has 0 unspecified atom stereocenters. The first-order chi connectivity index (χ1) is 14.0. The molecule has 0 spiro atoms. The molecule has 0 aliphatic rings. The number of ketones is 1. The Morgan fingerprint density at radius 2 is 1.79 bits per heavy atom. The van der Waals surface area contributed by atoms with Gasteiger partial charge in [-0.2, -0.15) is 5.26 Å². The minimum absolute atomic E-state index is 0.0934. The van der Waals surface area contributed by atoms with Crippen LogP contribution in [0.3, 0.4) is 0 Å². The van der Waals surface area contributed by atoms with E-state index in [1.165, 1.54) is 18.9 Å². The number of carbonyl (C=O) groups is 2. The second-order valence-electron chi connectivity index (χ2n) is 6.09. The molecule has 0 heterocycles. The second kappa shape index (κ2) is 10.7. The van der Waals surface area contributed by atoms with Crippen LogP contribution >= 0.6 is 0 Å². The number of methoxy groups -OCH3 is 1. The lowest BCUT2D eigenvalue weighted by Gasteiger charge is -2.22. The molecule has 2 rings (SSSR count). The molecule has 0 aliphatic heterocycles. The monoisotopic (exact) mass is 396 g/mol. The van der Waals surface area contributed by atoms with E-state index in [1.54, 1.807) is 42.5 Å². The zero-order valence-electron chi connectivity index (χ0n) is 16.8. The van der Waals surface area contributed by atoms with E-state index in [0.717, 1.165) is 0 Å². The molecule has 0 aliphatic carbocycles. The normalized spacial score (nSPS) is 10.0. The molecule has 0 N–H and O–H groups in total.